The van der Waals surface area contributed by atoms with Crippen LogP contribution in [0.1, 0.15) is 85.1 Å². The summed E-state index contributed by atoms with van der Waals surface area (Å²) in [6.45, 7) is 0. The minimum Gasteiger partial charge on any atom is -0.292 e. The lowest BCUT2D eigenvalue weighted by Gasteiger charge is -2.32. The fourth-order valence-electron chi connectivity index (χ4n) is 7.37. The van der Waals surface area contributed by atoms with E-state index in [9.17, 15) is 14.4 Å². The number of benzene rings is 1. The van der Waals surface area contributed by atoms with E-state index < -0.39 is 0 Å². The summed E-state index contributed by atoms with van der Waals surface area (Å²) < 4.78 is 0. The molecule has 7 nitrogen and oxygen atoms in total. The lowest BCUT2D eigenvalue weighted by Crippen LogP contribution is -2.29. The molecule has 0 radical (unpaired) electrons. The van der Waals surface area contributed by atoms with Crippen molar-refractivity contribution in [2.75, 3.05) is 0 Å². The summed E-state index contributed by atoms with van der Waals surface area (Å²) >= 11 is 2.97. The van der Waals surface area contributed by atoms with Crippen LogP contribution in [0.3, 0.4) is 0 Å². The second-order valence-corrected chi connectivity index (χ2v) is 13.4. The van der Waals surface area contributed by atoms with Crippen molar-refractivity contribution < 1.29 is 14.4 Å². The first kappa shape index (κ1) is 23.7. The SMILES string of the molecule is O=C1C(=Nc2nc3c(s2)-c2sc(N=C4C(=O)C5CCCCC5C4=O)nc2C32CCCCC2)Cc2ccccc21. The molecule has 0 N–H and O–H groups in total. The van der Waals surface area contributed by atoms with Crippen LogP contribution in [0, 0.1) is 11.8 Å². The maximum absolute atomic E-state index is 13.1. The Kier molecular flexibility index (Phi) is 5.26. The minimum atomic E-state index is -0.285. The molecule has 2 unspecified atom stereocenters. The van der Waals surface area contributed by atoms with Gasteiger partial charge in [0.1, 0.15) is 0 Å². The molecule has 1 spiro atoms. The number of carbonyl (C=O) groups is 3. The summed E-state index contributed by atoms with van der Waals surface area (Å²) in [5.41, 5.74) is 4.13. The number of hydrogen-bond acceptors (Lipinski definition) is 9. The van der Waals surface area contributed by atoms with Crippen LogP contribution in [0.2, 0.25) is 0 Å². The van der Waals surface area contributed by atoms with Crippen molar-refractivity contribution in [2.24, 2.45) is 21.8 Å². The first-order valence-electron chi connectivity index (χ1n) is 13.9. The van der Waals surface area contributed by atoms with Gasteiger partial charge in [-0.15, -0.1) is 0 Å². The zero-order valence-corrected chi connectivity index (χ0v) is 23.0. The van der Waals surface area contributed by atoms with Crippen LogP contribution in [-0.2, 0) is 21.4 Å². The van der Waals surface area contributed by atoms with E-state index in [-0.39, 0.29) is 40.3 Å². The van der Waals surface area contributed by atoms with Crippen LogP contribution >= 0.6 is 22.7 Å². The van der Waals surface area contributed by atoms with E-state index in [1.165, 1.54) is 29.1 Å². The Hall–Kier alpha value is -3.17. The van der Waals surface area contributed by atoms with Gasteiger partial charge in [-0.05, 0) is 31.2 Å². The monoisotopic (exact) mass is 554 g/mol. The van der Waals surface area contributed by atoms with Gasteiger partial charge in [0.15, 0.2) is 17.3 Å². The van der Waals surface area contributed by atoms with E-state index in [1.807, 2.05) is 24.3 Å². The molecule has 9 heteroatoms. The van der Waals surface area contributed by atoms with Crippen molar-refractivity contribution in [1.29, 1.82) is 0 Å². The van der Waals surface area contributed by atoms with Gasteiger partial charge in [-0.25, -0.2) is 20.0 Å². The first-order valence-corrected chi connectivity index (χ1v) is 15.6. The fourth-order valence-corrected chi connectivity index (χ4v) is 9.60. The Morgan fingerprint density at radius 1 is 0.769 bits per heavy atom. The number of aromatic nitrogens is 2. The molecular weight excluding hydrogens is 528 g/mol. The maximum Gasteiger partial charge on any atom is 0.210 e. The third-order valence-corrected chi connectivity index (χ3v) is 11.3. The van der Waals surface area contributed by atoms with E-state index in [0.29, 0.717) is 22.4 Å². The fraction of sp³-hybridized carbons (Fsp3) is 0.433. The number of aliphatic imine (C=N–C) groups is 2. The Balaban J connectivity index is 1.19. The summed E-state index contributed by atoms with van der Waals surface area (Å²) in [5.74, 6) is -0.588. The van der Waals surface area contributed by atoms with E-state index >= 15 is 0 Å². The molecule has 5 aliphatic carbocycles. The number of hydrogen-bond donors (Lipinski definition) is 0. The van der Waals surface area contributed by atoms with Gasteiger partial charge >= 0.3 is 0 Å². The van der Waals surface area contributed by atoms with Crippen molar-refractivity contribution in [2.45, 2.75) is 69.6 Å². The lowest BCUT2D eigenvalue weighted by molar-refractivity contribution is -0.120. The molecule has 0 aliphatic heterocycles. The van der Waals surface area contributed by atoms with Gasteiger partial charge in [-0.3, -0.25) is 14.4 Å². The topological polar surface area (TPSA) is 102 Å². The molecule has 2 atom stereocenters. The number of fused-ring (bicyclic) bond motifs is 7. The van der Waals surface area contributed by atoms with Gasteiger partial charge in [-0.2, -0.15) is 0 Å². The lowest BCUT2D eigenvalue weighted by atomic mass is 9.72. The Morgan fingerprint density at radius 2 is 1.38 bits per heavy atom. The quantitative estimate of drug-likeness (QED) is 0.366. The molecule has 3 saturated carbocycles. The zero-order chi connectivity index (χ0) is 26.3. The van der Waals surface area contributed by atoms with E-state index in [2.05, 4.69) is 4.99 Å². The van der Waals surface area contributed by atoms with Gasteiger partial charge < -0.3 is 0 Å². The summed E-state index contributed by atoms with van der Waals surface area (Å²) in [6, 6.07) is 7.68. The molecule has 1 aromatic carbocycles. The summed E-state index contributed by atoms with van der Waals surface area (Å²) in [6.07, 6.45) is 9.39. The smallest absolute Gasteiger partial charge is 0.210 e. The molecule has 5 aliphatic rings. The molecule has 0 amide bonds. The predicted molar refractivity (Wildman–Crippen MR) is 151 cm³/mol. The second-order valence-electron chi connectivity index (χ2n) is 11.4. The highest BCUT2D eigenvalue weighted by Gasteiger charge is 2.51. The highest BCUT2D eigenvalue weighted by atomic mass is 32.1. The van der Waals surface area contributed by atoms with E-state index in [4.69, 9.17) is 15.0 Å². The van der Waals surface area contributed by atoms with Crippen molar-refractivity contribution >= 4 is 61.7 Å². The number of ketones is 3. The first-order chi connectivity index (χ1) is 19.0. The van der Waals surface area contributed by atoms with Crippen LogP contribution in [0.15, 0.2) is 34.3 Å². The third-order valence-electron chi connectivity index (χ3n) is 9.28. The highest BCUT2D eigenvalue weighted by Crippen LogP contribution is 2.60. The average Bonchev–Trinajstić information content (AvgIpc) is 3.74. The van der Waals surface area contributed by atoms with Gasteiger partial charge in [0.25, 0.3) is 0 Å². The maximum atomic E-state index is 13.1. The standard InChI is InChI=1S/C30H26N4O3S2/c35-21-16-9-3-2-8-15(16)14-19(21)31-28-33-26-24(38-28)25-27(30(26)12-6-1-7-13-30)34-29(39-25)32-20-22(36)17-10-4-5-11-18(17)23(20)37/h2-3,8-9,17-18H,1,4-7,10-14H2. The second kappa shape index (κ2) is 8.66. The van der Waals surface area contributed by atoms with Crippen LogP contribution in [0.25, 0.3) is 9.75 Å². The largest absolute Gasteiger partial charge is 0.292 e. The van der Waals surface area contributed by atoms with Crippen molar-refractivity contribution in [3.05, 3.63) is 46.8 Å². The summed E-state index contributed by atoms with van der Waals surface area (Å²) in [5, 5.41) is 1.10. The number of thiazole rings is 2. The molecule has 0 saturated heterocycles. The van der Waals surface area contributed by atoms with Crippen LogP contribution in [-0.4, -0.2) is 38.7 Å². The highest BCUT2D eigenvalue weighted by molar-refractivity contribution is 7.25. The summed E-state index contributed by atoms with van der Waals surface area (Å²) in [4.78, 5) is 60.6. The number of rotatable bonds is 2. The third kappa shape index (κ3) is 3.42. The molecule has 196 valence electrons. The van der Waals surface area contributed by atoms with Crippen LogP contribution in [0.4, 0.5) is 10.3 Å². The van der Waals surface area contributed by atoms with Gasteiger partial charge in [0.05, 0.1) is 32.3 Å². The number of Topliss-reactive ketones (excluding diaryl/α,β-unsaturated/α-hetero) is 3. The normalized spacial score (nSPS) is 25.8. The molecule has 0 bridgehead atoms. The van der Waals surface area contributed by atoms with Crippen LogP contribution in [0.5, 0.6) is 0 Å². The van der Waals surface area contributed by atoms with Gasteiger partial charge in [-0.1, -0.05) is 79.0 Å². The minimum absolute atomic E-state index is 0.0172. The van der Waals surface area contributed by atoms with Crippen molar-refractivity contribution in [3.8, 4) is 9.75 Å². The van der Waals surface area contributed by atoms with E-state index in [0.717, 1.165) is 83.6 Å². The average molecular weight is 555 g/mol. The van der Waals surface area contributed by atoms with Crippen molar-refractivity contribution in [3.63, 3.8) is 0 Å². The molecular formula is C30H26N4O3S2. The molecule has 3 aromatic rings. The summed E-state index contributed by atoms with van der Waals surface area (Å²) in [7, 11) is 0. The molecule has 2 aromatic heterocycles. The van der Waals surface area contributed by atoms with Gasteiger partial charge in [0, 0.05) is 23.8 Å². The van der Waals surface area contributed by atoms with Crippen molar-refractivity contribution in [1.82, 2.24) is 9.97 Å². The Morgan fingerprint density at radius 3 is 2.03 bits per heavy atom. The number of nitrogens with zero attached hydrogens (tertiary/aromatic N) is 4. The zero-order valence-electron chi connectivity index (χ0n) is 21.4. The van der Waals surface area contributed by atoms with E-state index in [1.54, 1.807) is 0 Å². The molecule has 2 heterocycles. The molecule has 39 heavy (non-hydrogen) atoms. The Bertz CT molecular complexity index is 1630. The number of carbonyl (C=O) groups excluding carboxylic acids is 3. The predicted octanol–water partition coefficient (Wildman–Crippen LogP) is 6.37. The molecule has 8 rings (SSSR count). The molecule has 3 fully saturated rings. The van der Waals surface area contributed by atoms with Crippen LogP contribution < -0.4 is 0 Å². The Labute approximate surface area is 233 Å². The van der Waals surface area contributed by atoms with Gasteiger partial charge in [0.2, 0.25) is 16.0 Å².